The predicted molar refractivity (Wildman–Crippen MR) is 126 cm³/mol. The fraction of sp³-hybridized carbons (Fsp3) is 0.167. The third-order valence-corrected chi connectivity index (χ3v) is 6.14. The molecule has 0 aliphatic rings. The number of hydrogen-bond acceptors (Lipinski definition) is 3. The Morgan fingerprint density at radius 3 is 2.20 bits per heavy atom. The molecule has 3 rings (SSSR count). The van der Waals surface area contributed by atoms with E-state index in [1.807, 2.05) is 75.4 Å². The number of anilines is 2. The largest absolute Gasteiger partial charge is 0.325 e. The molecule has 0 heterocycles. The van der Waals surface area contributed by atoms with Crippen LogP contribution in [0, 0.1) is 13.8 Å². The number of hydrogen-bond donors (Lipinski definition) is 2. The minimum Gasteiger partial charge on any atom is -0.325 e. The second kappa shape index (κ2) is 9.83. The van der Waals surface area contributed by atoms with Gasteiger partial charge in [0.1, 0.15) is 0 Å². The normalized spacial score (nSPS) is 11.6. The second-order valence-electron chi connectivity index (χ2n) is 7.01. The molecule has 30 heavy (non-hydrogen) atoms. The standard InChI is InChI=1S/C24H23ClN2O2S/c1-15-6-4-5-7-21(15)24(29)26-18-10-12-20(13-11-18)30-17(3)23(28)27-19-9-8-16(2)22(25)14-19/h4-14,17H,1-3H3,(H,26,29)(H,27,28). The third-order valence-electron chi connectivity index (χ3n) is 4.62. The lowest BCUT2D eigenvalue weighted by molar-refractivity contribution is -0.115. The van der Waals surface area contributed by atoms with E-state index in [1.165, 1.54) is 11.8 Å². The third kappa shape index (κ3) is 5.65. The molecule has 0 fully saturated rings. The van der Waals surface area contributed by atoms with Crippen molar-refractivity contribution >= 4 is 46.6 Å². The molecule has 4 nitrogen and oxygen atoms in total. The van der Waals surface area contributed by atoms with Gasteiger partial charge in [-0.05, 0) is 74.4 Å². The number of nitrogens with one attached hydrogen (secondary N) is 2. The minimum atomic E-state index is -0.294. The summed E-state index contributed by atoms with van der Waals surface area (Å²) < 4.78 is 0. The molecule has 0 saturated heterocycles. The maximum absolute atomic E-state index is 12.5. The number of carbonyl (C=O) groups excluding carboxylic acids is 2. The highest BCUT2D eigenvalue weighted by atomic mass is 35.5. The first-order chi connectivity index (χ1) is 14.3. The van der Waals surface area contributed by atoms with E-state index in [0.29, 0.717) is 22.0 Å². The number of rotatable bonds is 6. The maximum atomic E-state index is 12.5. The first-order valence-corrected chi connectivity index (χ1v) is 10.8. The molecule has 2 amide bonds. The van der Waals surface area contributed by atoms with Crippen molar-refractivity contribution in [1.82, 2.24) is 0 Å². The smallest absolute Gasteiger partial charge is 0.255 e. The van der Waals surface area contributed by atoms with Gasteiger partial charge in [0.25, 0.3) is 5.91 Å². The zero-order valence-corrected chi connectivity index (χ0v) is 18.6. The lowest BCUT2D eigenvalue weighted by atomic mass is 10.1. The van der Waals surface area contributed by atoms with Crippen LogP contribution in [0.2, 0.25) is 5.02 Å². The Labute approximate surface area is 186 Å². The Morgan fingerprint density at radius 1 is 0.867 bits per heavy atom. The summed E-state index contributed by atoms with van der Waals surface area (Å²) in [6.07, 6.45) is 0. The van der Waals surface area contributed by atoms with E-state index >= 15 is 0 Å². The van der Waals surface area contributed by atoms with Crippen molar-refractivity contribution in [1.29, 1.82) is 0 Å². The van der Waals surface area contributed by atoms with Crippen molar-refractivity contribution < 1.29 is 9.59 Å². The van der Waals surface area contributed by atoms with E-state index in [2.05, 4.69) is 10.6 Å². The average Bonchev–Trinajstić information content (AvgIpc) is 2.72. The van der Waals surface area contributed by atoms with Gasteiger partial charge < -0.3 is 10.6 Å². The first kappa shape index (κ1) is 21.9. The molecular weight excluding hydrogens is 416 g/mol. The van der Waals surface area contributed by atoms with Crippen LogP contribution in [0.5, 0.6) is 0 Å². The first-order valence-electron chi connectivity index (χ1n) is 9.54. The van der Waals surface area contributed by atoms with Crippen LogP contribution in [0.1, 0.15) is 28.4 Å². The molecule has 0 aliphatic heterocycles. The number of benzene rings is 3. The number of aryl methyl sites for hydroxylation is 2. The van der Waals surface area contributed by atoms with Gasteiger partial charge in [0.05, 0.1) is 5.25 Å². The van der Waals surface area contributed by atoms with Crippen LogP contribution in [-0.4, -0.2) is 17.1 Å². The van der Waals surface area contributed by atoms with E-state index in [1.54, 1.807) is 12.1 Å². The van der Waals surface area contributed by atoms with E-state index in [-0.39, 0.29) is 17.1 Å². The SMILES string of the molecule is Cc1ccc(NC(=O)C(C)Sc2ccc(NC(=O)c3ccccc3C)cc2)cc1Cl. The van der Waals surface area contributed by atoms with Crippen molar-refractivity contribution in [2.75, 3.05) is 10.6 Å². The van der Waals surface area contributed by atoms with Crippen LogP contribution in [0.4, 0.5) is 11.4 Å². The molecule has 1 unspecified atom stereocenters. The monoisotopic (exact) mass is 438 g/mol. The van der Waals surface area contributed by atoms with Gasteiger partial charge in [-0.1, -0.05) is 35.9 Å². The Bertz CT molecular complexity index is 1070. The van der Waals surface area contributed by atoms with Crippen LogP contribution < -0.4 is 10.6 Å². The number of carbonyl (C=O) groups is 2. The van der Waals surface area contributed by atoms with E-state index in [0.717, 1.165) is 16.0 Å². The Hall–Kier alpha value is -2.76. The Balaban J connectivity index is 1.58. The summed E-state index contributed by atoms with van der Waals surface area (Å²) in [5.74, 6) is -0.241. The van der Waals surface area contributed by atoms with Crippen molar-refractivity contribution in [3.63, 3.8) is 0 Å². The number of thioether (sulfide) groups is 1. The van der Waals surface area contributed by atoms with Crippen molar-refractivity contribution in [3.05, 3.63) is 88.4 Å². The van der Waals surface area contributed by atoms with Gasteiger partial charge in [-0.25, -0.2) is 0 Å². The molecule has 1 atom stereocenters. The zero-order chi connectivity index (χ0) is 21.7. The molecule has 154 valence electrons. The summed E-state index contributed by atoms with van der Waals surface area (Å²) in [6.45, 7) is 5.68. The van der Waals surface area contributed by atoms with E-state index < -0.39 is 0 Å². The lowest BCUT2D eigenvalue weighted by Crippen LogP contribution is -2.22. The second-order valence-corrected chi connectivity index (χ2v) is 8.83. The van der Waals surface area contributed by atoms with Crippen LogP contribution in [0.25, 0.3) is 0 Å². The van der Waals surface area contributed by atoms with Gasteiger partial charge >= 0.3 is 0 Å². The topological polar surface area (TPSA) is 58.2 Å². The summed E-state index contributed by atoms with van der Waals surface area (Å²) >= 11 is 7.57. The van der Waals surface area contributed by atoms with Crippen LogP contribution in [0.15, 0.2) is 71.6 Å². The fourth-order valence-electron chi connectivity index (χ4n) is 2.82. The van der Waals surface area contributed by atoms with E-state index in [9.17, 15) is 9.59 Å². The highest BCUT2D eigenvalue weighted by Gasteiger charge is 2.15. The van der Waals surface area contributed by atoms with Crippen LogP contribution >= 0.6 is 23.4 Å². The van der Waals surface area contributed by atoms with Crippen molar-refractivity contribution in [2.24, 2.45) is 0 Å². The molecule has 0 saturated carbocycles. The predicted octanol–water partition coefficient (Wildman–Crippen LogP) is 6.33. The molecule has 6 heteroatoms. The maximum Gasteiger partial charge on any atom is 0.255 e. The molecule has 0 bridgehead atoms. The quantitative estimate of drug-likeness (QED) is 0.442. The molecule has 3 aromatic rings. The van der Waals surface area contributed by atoms with E-state index in [4.69, 9.17) is 11.6 Å². The minimum absolute atomic E-state index is 0.100. The highest BCUT2D eigenvalue weighted by Crippen LogP contribution is 2.27. The molecule has 0 aromatic heterocycles. The average molecular weight is 439 g/mol. The van der Waals surface area contributed by atoms with Gasteiger partial charge in [0, 0.05) is 26.9 Å². The molecule has 0 radical (unpaired) electrons. The number of halogens is 1. The van der Waals surface area contributed by atoms with Crippen molar-refractivity contribution in [3.8, 4) is 0 Å². The van der Waals surface area contributed by atoms with Gasteiger partial charge in [-0.2, -0.15) is 0 Å². The Kier molecular flexibility index (Phi) is 7.19. The molecule has 3 aromatic carbocycles. The van der Waals surface area contributed by atoms with Gasteiger partial charge in [-0.3, -0.25) is 9.59 Å². The van der Waals surface area contributed by atoms with Crippen LogP contribution in [0.3, 0.4) is 0 Å². The molecule has 2 N–H and O–H groups in total. The lowest BCUT2D eigenvalue weighted by Gasteiger charge is -2.13. The fourth-order valence-corrected chi connectivity index (χ4v) is 3.86. The molecule has 0 spiro atoms. The summed E-state index contributed by atoms with van der Waals surface area (Å²) in [4.78, 5) is 25.8. The summed E-state index contributed by atoms with van der Waals surface area (Å²) in [5.41, 5.74) is 3.93. The zero-order valence-electron chi connectivity index (χ0n) is 17.0. The van der Waals surface area contributed by atoms with Crippen molar-refractivity contribution in [2.45, 2.75) is 30.9 Å². The van der Waals surface area contributed by atoms with Gasteiger partial charge in [-0.15, -0.1) is 11.8 Å². The van der Waals surface area contributed by atoms with Crippen LogP contribution in [-0.2, 0) is 4.79 Å². The summed E-state index contributed by atoms with van der Waals surface area (Å²) in [5, 5.41) is 6.12. The van der Waals surface area contributed by atoms with Gasteiger partial charge in [0.2, 0.25) is 5.91 Å². The highest BCUT2D eigenvalue weighted by molar-refractivity contribution is 8.00. The van der Waals surface area contributed by atoms with Gasteiger partial charge in [0.15, 0.2) is 0 Å². The summed E-state index contributed by atoms with van der Waals surface area (Å²) in [7, 11) is 0. The summed E-state index contributed by atoms with van der Waals surface area (Å²) in [6, 6.07) is 20.4. The molecular formula is C24H23ClN2O2S. The molecule has 0 aliphatic carbocycles. The number of amides is 2. The Morgan fingerprint density at radius 2 is 1.53 bits per heavy atom.